The predicted octanol–water partition coefficient (Wildman–Crippen LogP) is 4.16. The van der Waals surface area contributed by atoms with Crippen molar-refractivity contribution in [1.29, 1.82) is 0 Å². The molecular weight excluding hydrogens is 360 g/mol. The highest BCUT2D eigenvalue weighted by atomic mass is 19.1. The van der Waals surface area contributed by atoms with Crippen molar-refractivity contribution in [3.63, 3.8) is 0 Å². The molecular formula is C22H23F2N3O. The maximum absolute atomic E-state index is 13.1. The first-order chi connectivity index (χ1) is 13.4. The molecule has 1 aliphatic rings. The number of nitrogens with zero attached hydrogens (tertiary/aromatic N) is 1. The van der Waals surface area contributed by atoms with Crippen molar-refractivity contribution in [2.75, 3.05) is 0 Å². The monoisotopic (exact) mass is 383 g/mol. The summed E-state index contributed by atoms with van der Waals surface area (Å²) >= 11 is 0. The second-order valence-corrected chi connectivity index (χ2v) is 7.05. The maximum Gasteiger partial charge on any atom is 0.251 e. The molecule has 3 N–H and O–H groups in total. The summed E-state index contributed by atoms with van der Waals surface area (Å²) in [4.78, 5) is 17.9. The van der Waals surface area contributed by atoms with Crippen LogP contribution in [0.5, 0.6) is 0 Å². The van der Waals surface area contributed by atoms with Gasteiger partial charge < -0.3 is 10.7 Å². The van der Waals surface area contributed by atoms with E-state index in [2.05, 4.69) is 40.3 Å². The highest BCUT2D eigenvalue weighted by Gasteiger charge is 2.22. The molecule has 1 heterocycles. The minimum Gasteiger partial charge on any atom is -0.321 e. The molecule has 0 aliphatic heterocycles. The number of halogens is 2. The molecule has 0 radical (unpaired) electrons. The lowest BCUT2D eigenvalue weighted by molar-refractivity contribution is 0.574. The maximum atomic E-state index is 13.1. The summed E-state index contributed by atoms with van der Waals surface area (Å²) in [6, 6.07) is 14.7. The number of rotatable bonds is 4. The van der Waals surface area contributed by atoms with Gasteiger partial charge in [0.1, 0.15) is 17.5 Å². The molecule has 1 saturated carbocycles. The minimum absolute atomic E-state index is 0.182. The summed E-state index contributed by atoms with van der Waals surface area (Å²) in [7, 11) is 0. The molecule has 0 amide bonds. The molecule has 6 heteroatoms. The molecule has 1 fully saturated rings. The molecule has 1 aromatic heterocycles. The Kier molecular flexibility index (Phi) is 6.31. The predicted molar refractivity (Wildman–Crippen MR) is 105 cm³/mol. The van der Waals surface area contributed by atoms with E-state index in [0.717, 1.165) is 12.0 Å². The van der Waals surface area contributed by atoms with Gasteiger partial charge in [0.05, 0.1) is 6.04 Å². The number of hydrogen-bond donors (Lipinski definition) is 2. The Hall–Kier alpha value is -2.86. The van der Waals surface area contributed by atoms with Crippen LogP contribution in [-0.2, 0) is 6.42 Å². The summed E-state index contributed by atoms with van der Waals surface area (Å²) < 4.78 is 26.1. The Labute approximate surface area is 162 Å². The van der Waals surface area contributed by atoms with Gasteiger partial charge in [0.2, 0.25) is 0 Å². The number of nitrogens with one attached hydrogen (secondary N) is 1. The van der Waals surface area contributed by atoms with Gasteiger partial charge in [-0.05, 0) is 55.4 Å². The molecule has 2 aromatic carbocycles. The number of aryl methyl sites for hydroxylation is 1. The van der Waals surface area contributed by atoms with Crippen LogP contribution in [0.25, 0.3) is 0 Å². The van der Waals surface area contributed by atoms with E-state index in [1.165, 1.54) is 36.6 Å². The topological polar surface area (TPSA) is 71.8 Å². The molecule has 3 aromatic rings. The third-order valence-corrected chi connectivity index (χ3v) is 4.47. The quantitative estimate of drug-likeness (QED) is 0.710. The fourth-order valence-corrected chi connectivity index (χ4v) is 3.00. The van der Waals surface area contributed by atoms with Crippen molar-refractivity contribution in [1.82, 2.24) is 9.97 Å². The Morgan fingerprint density at radius 2 is 1.75 bits per heavy atom. The second kappa shape index (κ2) is 8.89. The lowest BCUT2D eigenvalue weighted by Gasteiger charge is -2.11. The highest BCUT2D eigenvalue weighted by molar-refractivity contribution is 5.23. The molecule has 1 aliphatic carbocycles. The fraction of sp³-hybridized carbons (Fsp3) is 0.273. The Morgan fingerprint density at radius 3 is 2.32 bits per heavy atom. The lowest BCUT2D eigenvalue weighted by atomic mass is 10.1. The van der Waals surface area contributed by atoms with Crippen LogP contribution in [0, 0.1) is 18.6 Å². The smallest absolute Gasteiger partial charge is 0.251 e. The first kappa shape index (κ1) is 19.9. The van der Waals surface area contributed by atoms with Gasteiger partial charge in [-0.15, -0.1) is 0 Å². The molecule has 4 nitrogen and oxygen atoms in total. The van der Waals surface area contributed by atoms with E-state index in [9.17, 15) is 13.6 Å². The van der Waals surface area contributed by atoms with Crippen LogP contribution < -0.4 is 11.3 Å². The van der Waals surface area contributed by atoms with Crippen molar-refractivity contribution in [2.45, 2.75) is 38.1 Å². The summed E-state index contributed by atoms with van der Waals surface area (Å²) in [6.45, 7) is 1.67. The van der Waals surface area contributed by atoms with Crippen LogP contribution in [0.3, 0.4) is 0 Å². The molecule has 0 spiro atoms. The van der Waals surface area contributed by atoms with E-state index >= 15 is 0 Å². The Morgan fingerprint density at radius 1 is 1.11 bits per heavy atom. The van der Waals surface area contributed by atoms with E-state index in [-0.39, 0.29) is 12.0 Å². The average Bonchev–Trinajstić information content (AvgIpc) is 3.46. The van der Waals surface area contributed by atoms with Crippen LogP contribution in [0.15, 0.2) is 59.4 Å². The fourth-order valence-electron chi connectivity index (χ4n) is 3.00. The van der Waals surface area contributed by atoms with E-state index in [1.807, 2.05) is 0 Å². The van der Waals surface area contributed by atoms with Gasteiger partial charge in [-0.2, -0.15) is 0 Å². The normalized spacial score (nSPS) is 14.1. The van der Waals surface area contributed by atoms with Crippen molar-refractivity contribution in [2.24, 2.45) is 5.73 Å². The SMILES string of the molecule is Cc1cc(=O)[nH]c(C(N)Cc2cc(F)cc(F)c2)n1.c1ccc(C2CC2)cc1. The van der Waals surface area contributed by atoms with Gasteiger partial charge >= 0.3 is 0 Å². The first-order valence-corrected chi connectivity index (χ1v) is 9.24. The van der Waals surface area contributed by atoms with Crippen LogP contribution in [-0.4, -0.2) is 9.97 Å². The molecule has 1 unspecified atom stereocenters. The zero-order valence-electron chi connectivity index (χ0n) is 15.7. The van der Waals surface area contributed by atoms with E-state index < -0.39 is 17.7 Å². The number of aromatic nitrogens is 2. The Balaban J connectivity index is 0.000000206. The second-order valence-electron chi connectivity index (χ2n) is 7.05. The third-order valence-electron chi connectivity index (χ3n) is 4.47. The van der Waals surface area contributed by atoms with Gasteiger partial charge in [-0.1, -0.05) is 30.3 Å². The zero-order chi connectivity index (χ0) is 20.1. The van der Waals surface area contributed by atoms with Crippen LogP contribution in [0.1, 0.15) is 47.4 Å². The summed E-state index contributed by atoms with van der Waals surface area (Å²) in [5.41, 5.74) is 8.06. The van der Waals surface area contributed by atoms with E-state index in [0.29, 0.717) is 17.1 Å². The summed E-state index contributed by atoms with van der Waals surface area (Å²) in [6.07, 6.45) is 3.00. The van der Waals surface area contributed by atoms with Gasteiger partial charge in [-0.3, -0.25) is 4.79 Å². The van der Waals surface area contributed by atoms with Crippen molar-refractivity contribution < 1.29 is 8.78 Å². The standard InChI is InChI=1S/C13H13F2N3O.C9H10/c1-7-2-12(19)18-13(17-7)11(16)5-8-3-9(14)6-10(15)4-8;1-2-4-8(5-3-1)9-6-7-9/h2-4,6,11H,5,16H2,1H3,(H,17,18,19);1-5,9H,6-7H2. The van der Waals surface area contributed by atoms with E-state index in [4.69, 9.17) is 5.73 Å². The van der Waals surface area contributed by atoms with E-state index in [1.54, 1.807) is 6.92 Å². The van der Waals surface area contributed by atoms with Gasteiger partial charge in [-0.25, -0.2) is 13.8 Å². The Bertz CT molecular complexity index is 964. The minimum atomic E-state index is -0.659. The van der Waals surface area contributed by atoms with Crippen molar-refractivity contribution in [3.8, 4) is 0 Å². The largest absolute Gasteiger partial charge is 0.321 e. The number of aromatic amines is 1. The molecule has 0 bridgehead atoms. The third kappa shape index (κ3) is 5.82. The van der Waals surface area contributed by atoms with Gasteiger partial charge in [0.25, 0.3) is 5.56 Å². The summed E-state index contributed by atoms with van der Waals surface area (Å²) in [5.74, 6) is -0.110. The number of benzene rings is 2. The molecule has 28 heavy (non-hydrogen) atoms. The number of hydrogen-bond acceptors (Lipinski definition) is 3. The number of H-pyrrole nitrogens is 1. The summed E-state index contributed by atoms with van der Waals surface area (Å²) in [5, 5.41) is 0. The molecule has 4 rings (SSSR count). The van der Waals surface area contributed by atoms with Crippen LogP contribution in [0.4, 0.5) is 8.78 Å². The zero-order valence-corrected chi connectivity index (χ0v) is 15.7. The lowest BCUT2D eigenvalue weighted by Crippen LogP contribution is -2.21. The first-order valence-electron chi connectivity index (χ1n) is 9.24. The van der Waals surface area contributed by atoms with Gasteiger partial charge in [0.15, 0.2) is 0 Å². The van der Waals surface area contributed by atoms with Crippen molar-refractivity contribution in [3.05, 3.63) is 99.2 Å². The highest BCUT2D eigenvalue weighted by Crippen LogP contribution is 2.39. The van der Waals surface area contributed by atoms with Gasteiger partial charge in [0, 0.05) is 17.8 Å². The molecule has 1 atom stereocenters. The van der Waals surface area contributed by atoms with Crippen LogP contribution in [0.2, 0.25) is 0 Å². The number of nitrogens with two attached hydrogens (primary N) is 1. The molecule has 146 valence electrons. The van der Waals surface area contributed by atoms with Crippen LogP contribution >= 0.6 is 0 Å². The average molecular weight is 383 g/mol. The molecule has 0 saturated heterocycles. The van der Waals surface area contributed by atoms with Crippen molar-refractivity contribution >= 4 is 0 Å².